The second-order valence-corrected chi connectivity index (χ2v) is 19.0. The first-order chi connectivity index (χ1) is 29.5. The highest BCUT2D eigenvalue weighted by atomic mass is 35.5. The molecule has 7 aliphatic rings. The normalized spacial score (nSPS) is 27.9. The van der Waals surface area contributed by atoms with Crippen molar-refractivity contribution in [1.82, 2.24) is 14.9 Å². The van der Waals surface area contributed by atoms with Gasteiger partial charge in [0.05, 0.1) is 46.1 Å². The number of ketones is 1. The minimum absolute atomic E-state index is 0.0427. The molecule has 1 aromatic heterocycles. The Balaban J connectivity index is 1.37. The van der Waals surface area contributed by atoms with E-state index in [1.54, 1.807) is 13.0 Å². The number of carbonyl (C=O) groups is 3. The minimum atomic E-state index is -1.58. The molecule has 3 aliphatic carbocycles. The van der Waals surface area contributed by atoms with Crippen molar-refractivity contribution in [3.63, 3.8) is 0 Å². The lowest BCUT2D eigenvalue weighted by molar-refractivity contribution is -0.181. The van der Waals surface area contributed by atoms with Crippen LogP contribution in [-0.2, 0) is 25.5 Å². The van der Waals surface area contributed by atoms with Crippen molar-refractivity contribution in [3.05, 3.63) is 87.6 Å². The van der Waals surface area contributed by atoms with Gasteiger partial charge < -0.3 is 39.3 Å². The number of aliphatic hydroxyl groups is 1. The summed E-state index contributed by atoms with van der Waals surface area (Å²) < 4.78 is 30.7. The Labute approximate surface area is 367 Å². The molecule has 326 valence electrons. The Hall–Kier alpha value is -5.17. The van der Waals surface area contributed by atoms with Crippen LogP contribution in [-0.4, -0.2) is 73.8 Å². The number of carbonyl (C=O) groups excluding carboxylic acids is 3. The van der Waals surface area contributed by atoms with E-state index in [9.17, 15) is 14.7 Å². The Morgan fingerprint density at radius 2 is 1.82 bits per heavy atom. The van der Waals surface area contributed by atoms with Crippen molar-refractivity contribution < 1.29 is 38.4 Å². The summed E-state index contributed by atoms with van der Waals surface area (Å²) in [5.74, 6) is -0.663. The van der Waals surface area contributed by atoms with Crippen LogP contribution in [0.2, 0.25) is 0 Å². The van der Waals surface area contributed by atoms with E-state index >= 15 is 4.79 Å². The van der Waals surface area contributed by atoms with Crippen molar-refractivity contribution in [2.45, 2.75) is 116 Å². The van der Waals surface area contributed by atoms with E-state index in [1.165, 1.54) is 5.57 Å². The lowest BCUT2D eigenvalue weighted by Gasteiger charge is -2.62. The number of imidazole rings is 1. The molecule has 0 radical (unpaired) electrons. The lowest BCUT2D eigenvalue weighted by atomic mass is 9.47. The van der Waals surface area contributed by atoms with Gasteiger partial charge in [0.1, 0.15) is 23.0 Å². The summed E-state index contributed by atoms with van der Waals surface area (Å²) in [7, 11) is 0. The lowest BCUT2D eigenvalue weighted by Crippen LogP contribution is -2.75. The first-order valence-electron chi connectivity index (χ1n) is 21.6. The number of hydrogen-bond donors (Lipinski definition) is 3. The summed E-state index contributed by atoms with van der Waals surface area (Å²) in [6.07, 6.45) is 12.5. The van der Waals surface area contributed by atoms with Crippen molar-refractivity contribution in [2.75, 3.05) is 24.3 Å². The summed E-state index contributed by atoms with van der Waals surface area (Å²) in [6.45, 7) is 15.9. The first kappa shape index (κ1) is 42.1. The smallest absolute Gasteiger partial charge is 0.326 e. The van der Waals surface area contributed by atoms with Gasteiger partial charge in [0.15, 0.2) is 22.7 Å². The van der Waals surface area contributed by atoms with Crippen molar-refractivity contribution in [1.29, 1.82) is 0 Å². The highest BCUT2D eigenvalue weighted by Gasteiger charge is 2.84. The molecule has 1 spiro atoms. The van der Waals surface area contributed by atoms with Gasteiger partial charge in [-0.15, -0.1) is 11.6 Å². The number of hydrogen-bond acceptors (Lipinski definition) is 10. The molecule has 4 aliphatic heterocycles. The number of Topliss-reactive ketones (excluding diaryl/α,β-unsaturated/α-hetero) is 1. The number of rotatable bonds is 12. The van der Waals surface area contributed by atoms with Crippen LogP contribution in [0.1, 0.15) is 104 Å². The number of esters is 1. The maximum atomic E-state index is 15.8. The third kappa shape index (κ3) is 6.14. The van der Waals surface area contributed by atoms with Crippen LogP contribution in [0, 0.1) is 11.8 Å². The van der Waals surface area contributed by atoms with E-state index in [2.05, 4.69) is 48.1 Å². The van der Waals surface area contributed by atoms with Gasteiger partial charge in [-0.05, 0) is 105 Å². The fourth-order valence-corrected chi connectivity index (χ4v) is 11.1. The summed E-state index contributed by atoms with van der Waals surface area (Å²) in [5.41, 5.74) is 3.00. The number of nitrogens with one attached hydrogen (secondary N) is 2. The summed E-state index contributed by atoms with van der Waals surface area (Å²) in [5, 5.41) is 15.9. The quantitative estimate of drug-likeness (QED) is 0.0534. The van der Waals surface area contributed by atoms with E-state index in [4.69, 9.17) is 35.5 Å². The standard InChI is InChI=1S/C49H55ClN4O8/c1-26(2)12-11-19-47(8)20-18-30-40(60-47)29(16-15-27(3)4)42-36(41(30)59-35(56)25-50)38-37-39(54-33-14-10-9-13-32(33)52-45(54)53-38)31-24-34-46(6,7)62-48(43(31)57,49(34,37)61-42)21-17-28(5)44(58)51-22-23-55/h9-10,12-15,17-18,20,31,34,39,55H,11,16,19,21-25H2,1-8H3,(H,51,58)(H,52,53)/b28-17-. The monoisotopic (exact) mass is 862 g/mol. The molecular formula is C49H55ClN4O8. The van der Waals surface area contributed by atoms with E-state index in [0.717, 1.165) is 34.2 Å². The van der Waals surface area contributed by atoms with Crippen molar-refractivity contribution in [3.8, 4) is 17.2 Å². The Bertz CT molecular complexity index is 2610. The van der Waals surface area contributed by atoms with Crippen LogP contribution < -0.4 is 24.8 Å². The fraction of sp³-hybridized carbons (Fsp3) is 0.469. The number of ether oxygens (including phenoxy) is 4. The molecule has 6 atom stereocenters. The van der Waals surface area contributed by atoms with Gasteiger partial charge in [-0.1, -0.05) is 41.5 Å². The van der Waals surface area contributed by atoms with Gasteiger partial charge in [-0.25, -0.2) is 4.98 Å². The number of fused-ring (bicyclic) bond motifs is 6. The minimum Gasteiger partial charge on any atom is -0.482 e. The number of alkyl halides is 1. The number of benzene rings is 2. The molecule has 10 rings (SSSR count). The summed E-state index contributed by atoms with van der Waals surface area (Å²) >= 11 is 6.20. The maximum Gasteiger partial charge on any atom is 0.326 e. The molecule has 4 fully saturated rings. The molecule has 3 saturated carbocycles. The van der Waals surface area contributed by atoms with Crippen LogP contribution >= 0.6 is 11.6 Å². The van der Waals surface area contributed by atoms with Gasteiger partial charge in [0, 0.05) is 41.5 Å². The molecule has 1 amide bonds. The highest BCUT2D eigenvalue weighted by molar-refractivity contribution is 6.26. The van der Waals surface area contributed by atoms with Crippen LogP contribution in [0.25, 0.3) is 22.8 Å². The number of para-hydroxylation sites is 2. The second-order valence-electron chi connectivity index (χ2n) is 18.8. The third-order valence-electron chi connectivity index (χ3n) is 13.7. The van der Waals surface area contributed by atoms with Gasteiger partial charge in [-0.2, -0.15) is 0 Å². The zero-order chi connectivity index (χ0) is 44.1. The Morgan fingerprint density at radius 3 is 2.55 bits per heavy atom. The van der Waals surface area contributed by atoms with E-state index < -0.39 is 46.2 Å². The van der Waals surface area contributed by atoms with Gasteiger partial charge in [0.2, 0.25) is 11.9 Å². The molecule has 5 heterocycles. The van der Waals surface area contributed by atoms with Crippen LogP contribution in [0.3, 0.4) is 0 Å². The zero-order valence-corrected chi connectivity index (χ0v) is 37.4. The highest BCUT2D eigenvalue weighted by Crippen LogP contribution is 2.74. The van der Waals surface area contributed by atoms with Gasteiger partial charge >= 0.3 is 5.97 Å². The molecule has 3 aromatic rings. The zero-order valence-electron chi connectivity index (χ0n) is 36.7. The molecule has 6 unspecified atom stereocenters. The molecule has 13 heteroatoms. The summed E-state index contributed by atoms with van der Waals surface area (Å²) in [4.78, 5) is 47.6. The number of allylic oxidation sites excluding steroid dienone is 4. The molecule has 1 saturated heterocycles. The summed E-state index contributed by atoms with van der Waals surface area (Å²) in [6, 6.07) is 7.33. The molecular weight excluding hydrogens is 808 g/mol. The molecule has 62 heavy (non-hydrogen) atoms. The third-order valence-corrected chi connectivity index (χ3v) is 13.9. The van der Waals surface area contributed by atoms with Crippen LogP contribution in [0.4, 0.5) is 5.95 Å². The second kappa shape index (κ2) is 15.0. The van der Waals surface area contributed by atoms with Crippen LogP contribution in [0.15, 0.2) is 70.9 Å². The number of halogens is 1. The topological polar surface area (TPSA) is 150 Å². The Morgan fingerprint density at radius 1 is 1.06 bits per heavy atom. The first-order valence-corrected chi connectivity index (χ1v) is 22.2. The SMILES string of the molecule is CC(C)=CCCC1(C)C=Cc2c(c(CC=C(C)C)c3c(c2OC(=O)CCl)C2=C4C(C5CC6C(C)(C)OC(C/C=C(/C)C(=O)NCCO)(C5=O)C46O3)n3c(nc4ccccc43)N2)O1. The number of nitrogens with zero attached hydrogens (tertiary/aromatic N) is 2. The fourth-order valence-electron chi connectivity index (χ4n) is 11.0. The average Bonchev–Trinajstić information content (AvgIpc) is 3.67. The van der Waals surface area contributed by atoms with Crippen molar-refractivity contribution >= 4 is 58.0 Å². The number of amides is 1. The number of anilines is 1. The molecule has 2 aromatic carbocycles. The predicted molar refractivity (Wildman–Crippen MR) is 238 cm³/mol. The average molecular weight is 863 g/mol. The van der Waals surface area contributed by atoms with Gasteiger partial charge in [-0.3, -0.25) is 14.4 Å². The van der Waals surface area contributed by atoms with Gasteiger partial charge in [0.25, 0.3) is 0 Å². The maximum absolute atomic E-state index is 15.8. The Kier molecular flexibility index (Phi) is 10.2. The number of aromatic nitrogens is 2. The number of aliphatic hydroxyl groups excluding tert-OH is 1. The largest absolute Gasteiger partial charge is 0.482 e. The van der Waals surface area contributed by atoms with E-state index in [1.807, 2.05) is 64.1 Å². The predicted octanol–water partition coefficient (Wildman–Crippen LogP) is 8.32. The van der Waals surface area contributed by atoms with Crippen LogP contribution in [0.5, 0.6) is 17.2 Å². The molecule has 3 N–H and O–H groups in total. The van der Waals surface area contributed by atoms with E-state index in [-0.39, 0.29) is 42.9 Å². The molecule has 4 bridgehead atoms. The van der Waals surface area contributed by atoms with Crippen molar-refractivity contribution in [2.24, 2.45) is 11.8 Å². The van der Waals surface area contributed by atoms with E-state index in [0.29, 0.717) is 59.1 Å². The molecule has 12 nitrogen and oxygen atoms in total.